The number of rotatable bonds is 5. The van der Waals surface area contributed by atoms with Crippen LogP contribution in [0.1, 0.15) is 43.5 Å². The summed E-state index contributed by atoms with van der Waals surface area (Å²) in [6.07, 6.45) is -1.98. The summed E-state index contributed by atoms with van der Waals surface area (Å²) in [5.41, 5.74) is -0.163. The van der Waals surface area contributed by atoms with Crippen molar-refractivity contribution in [2.24, 2.45) is 0 Å². The summed E-state index contributed by atoms with van der Waals surface area (Å²) < 4.78 is 39.3. The molecule has 4 nitrogen and oxygen atoms in total. The average Bonchev–Trinajstić information content (AvgIpc) is 3.03. The molecule has 1 saturated carbocycles. The summed E-state index contributed by atoms with van der Waals surface area (Å²) in [7, 11) is 0. The van der Waals surface area contributed by atoms with Gasteiger partial charge in [-0.2, -0.15) is 18.3 Å². The smallest absolute Gasteiger partial charge is 0.356 e. The second kappa shape index (κ2) is 5.22. The number of carbonyl (C=O) groups excluding carboxylic acids is 1. The third-order valence-corrected chi connectivity index (χ3v) is 3.02. The topological polar surface area (TPSA) is 46.9 Å². The van der Waals surface area contributed by atoms with E-state index in [1.165, 1.54) is 11.6 Å². The quantitative estimate of drug-likeness (QED) is 0.838. The lowest BCUT2D eigenvalue weighted by molar-refractivity contribution is -0.141. The molecule has 0 saturated heterocycles. The molecule has 0 atom stereocenters. The second-order valence-corrected chi connectivity index (χ2v) is 4.79. The Labute approximate surface area is 109 Å². The van der Waals surface area contributed by atoms with Crippen LogP contribution < -0.4 is 5.32 Å². The van der Waals surface area contributed by atoms with E-state index in [1.807, 2.05) is 0 Å². The van der Waals surface area contributed by atoms with E-state index in [-0.39, 0.29) is 11.8 Å². The molecule has 0 radical (unpaired) electrons. The van der Waals surface area contributed by atoms with Gasteiger partial charge in [0.15, 0.2) is 5.69 Å². The first-order valence-electron chi connectivity index (χ1n) is 6.27. The number of hydrogen-bond donors (Lipinski definition) is 1. The van der Waals surface area contributed by atoms with Crippen molar-refractivity contribution in [3.05, 3.63) is 17.5 Å². The van der Waals surface area contributed by atoms with Gasteiger partial charge in [-0.25, -0.2) is 0 Å². The van der Waals surface area contributed by atoms with Crippen LogP contribution in [0.15, 0.2) is 6.07 Å². The minimum Gasteiger partial charge on any atom is -0.356 e. The van der Waals surface area contributed by atoms with Crippen molar-refractivity contribution in [1.82, 2.24) is 15.1 Å². The van der Waals surface area contributed by atoms with Gasteiger partial charge >= 0.3 is 6.18 Å². The van der Waals surface area contributed by atoms with Crippen molar-refractivity contribution >= 4 is 5.91 Å². The Bertz CT molecular complexity index is 463. The lowest BCUT2D eigenvalue weighted by atomic mass is 10.2. The molecule has 1 N–H and O–H groups in total. The van der Waals surface area contributed by atoms with Crippen LogP contribution in [0, 0.1) is 0 Å². The van der Waals surface area contributed by atoms with E-state index in [1.54, 1.807) is 0 Å². The Morgan fingerprint density at radius 1 is 1.53 bits per heavy atom. The highest BCUT2D eigenvalue weighted by atomic mass is 19.4. The minimum atomic E-state index is -4.40. The number of halogens is 3. The van der Waals surface area contributed by atoms with E-state index >= 15 is 0 Å². The molecule has 7 heteroatoms. The summed E-state index contributed by atoms with van der Waals surface area (Å²) in [5, 5.41) is 6.25. The lowest BCUT2D eigenvalue weighted by Gasteiger charge is -2.07. The molecule has 1 heterocycles. The van der Waals surface area contributed by atoms with Gasteiger partial charge in [0, 0.05) is 31.6 Å². The Morgan fingerprint density at radius 2 is 2.21 bits per heavy atom. The highest BCUT2D eigenvalue weighted by Gasteiger charge is 2.37. The monoisotopic (exact) mass is 275 g/mol. The van der Waals surface area contributed by atoms with Gasteiger partial charge in [0.2, 0.25) is 5.91 Å². The number of aryl methyl sites for hydroxylation is 1. The summed E-state index contributed by atoms with van der Waals surface area (Å²) in [6.45, 7) is 2.24. The molecule has 1 aliphatic carbocycles. The van der Waals surface area contributed by atoms with Crippen LogP contribution >= 0.6 is 0 Å². The van der Waals surface area contributed by atoms with Crippen LogP contribution in [0.3, 0.4) is 0 Å². The molecule has 0 aliphatic heterocycles. The fourth-order valence-electron chi connectivity index (χ4n) is 1.95. The fraction of sp³-hybridized carbons (Fsp3) is 0.667. The van der Waals surface area contributed by atoms with Gasteiger partial charge in [-0.1, -0.05) is 0 Å². The number of nitrogens with zero attached hydrogens (tertiary/aromatic N) is 2. The van der Waals surface area contributed by atoms with Crippen molar-refractivity contribution in [3.63, 3.8) is 0 Å². The summed E-state index contributed by atoms with van der Waals surface area (Å²) >= 11 is 0. The molecular formula is C12H16F3N3O. The standard InChI is InChI=1S/C12H16F3N3O/c1-8(19)16-5-2-6-18-10(9-3-4-9)7-11(17-18)12(13,14)15/h7,9H,2-6H2,1H3,(H,16,19). The van der Waals surface area contributed by atoms with Crippen LogP contribution in [0.25, 0.3) is 0 Å². The zero-order valence-corrected chi connectivity index (χ0v) is 10.6. The predicted octanol–water partition coefficient (Wildman–Crippen LogP) is 2.31. The van der Waals surface area contributed by atoms with E-state index in [0.717, 1.165) is 18.9 Å². The molecular weight excluding hydrogens is 259 g/mol. The van der Waals surface area contributed by atoms with E-state index in [2.05, 4.69) is 10.4 Å². The molecule has 19 heavy (non-hydrogen) atoms. The summed E-state index contributed by atoms with van der Waals surface area (Å²) in [6, 6.07) is 1.15. The van der Waals surface area contributed by atoms with E-state index in [0.29, 0.717) is 25.2 Å². The zero-order chi connectivity index (χ0) is 14.0. The molecule has 2 rings (SSSR count). The number of carbonyl (C=O) groups is 1. The molecule has 0 bridgehead atoms. The van der Waals surface area contributed by atoms with Gasteiger partial charge in [-0.15, -0.1) is 0 Å². The Morgan fingerprint density at radius 3 is 2.74 bits per heavy atom. The van der Waals surface area contributed by atoms with Crippen molar-refractivity contribution < 1.29 is 18.0 Å². The van der Waals surface area contributed by atoms with E-state index < -0.39 is 11.9 Å². The fourth-order valence-corrected chi connectivity index (χ4v) is 1.95. The third-order valence-electron chi connectivity index (χ3n) is 3.02. The van der Waals surface area contributed by atoms with Crippen LogP contribution in [0.4, 0.5) is 13.2 Å². The largest absolute Gasteiger partial charge is 0.435 e. The first-order valence-corrected chi connectivity index (χ1v) is 6.27. The van der Waals surface area contributed by atoms with Crippen molar-refractivity contribution in [3.8, 4) is 0 Å². The van der Waals surface area contributed by atoms with Crippen molar-refractivity contribution in [2.45, 2.75) is 44.8 Å². The van der Waals surface area contributed by atoms with Gasteiger partial charge in [0.05, 0.1) is 0 Å². The highest BCUT2D eigenvalue weighted by molar-refractivity contribution is 5.72. The van der Waals surface area contributed by atoms with Crippen LogP contribution in [-0.4, -0.2) is 22.2 Å². The Balaban J connectivity index is 2.01. The first-order chi connectivity index (χ1) is 8.88. The highest BCUT2D eigenvalue weighted by Crippen LogP contribution is 2.42. The average molecular weight is 275 g/mol. The molecule has 0 spiro atoms. The zero-order valence-electron chi connectivity index (χ0n) is 10.6. The number of aromatic nitrogens is 2. The van der Waals surface area contributed by atoms with Crippen LogP contribution in [-0.2, 0) is 17.5 Å². The van der Waals surface area contributed by atoms with Gasteiger partial charge in [0.25, 0.3) is 0 Å². The summed E-state index contributed by atoms with van der Waals surface area (Å²) in [5.74, 6) is 0.0724. The minimum absolute atomic E-state index is 0.140. The number of nitrogens with one attached hydrogen (secondary N) is 1. The van der Waals surface area contributed by atoms with Gasteiger partial charge in [0.1, 0.15) is 0 Å². The van der Waals surface area contributed by atoms with E-state index in [4.69, 9.17) is 0 Å². The number of hydrogen-bond acceptors (Lipinski definition) is 2. The SMILES string of the molecule is CC(=O)NCCCn1nc(C(F)(F)F)cc1C1CC1. The molecule has 0 unspecified atom stereocenters. The Kier molecular flexibility index (Phi) is 3.82. The first kappa shape index (κ1) is 13.9. The molecule has 0 aromatic carbocycles. The number of alkyl halides is 3. The molecule has 1 aliphatic rings. The molecule has 1 fully saturated rings. The molecule has 1 aromatic rings. The van der Waals surface area contributed by atoms with Crippen molar-refractivity contribution in [1.29, 1.82) is 0 Å². The van der Waals surface area contributed by atoms with Crippen LogP contribution in [0.2, 0.25) is 0 Å². The maximum Gasteiger partial charge on any atom is 0.435 e. The van der Waals surface area contributed by atoms with E-state index in [9.17, 15) is 18.0 Å². The third kappa shape index (κ3) is 3.71. The number of amides is 1. The maximum absolute atomic E-state index is 12.6. The molecule has 1 amide bonds. The molecule has 1 aromatic heterocycles. The molecule has 106 valence electrons. The summed E-state index contributed by atoms with van der Waals surface area (Å²) in [4.78, 5) is 10.7. The Hall–Kier alpha value is -1.53. The van der Waals surface area contributed by atoms with Crippen LogP contribution in [0.5, 0.6) is 0 Å². The maximum atomic E-state index is 12.6. The predicted molar refractivity (Wildman–Crippen MR) is 62.5 cm³/mol. The van der Waals surface area contributed by atoms with Gasteiger partial charge < -0.3 is 5.32 Å². The van der Waals surface area contributed by atoms with Crippen molar-refractivity contribution in [2.75, 3.05) is 6.54 Å². The van der Waals surface area contributed by atoms with Gasteiger partial charge in [-0.05, 0) is 25.3 Å². The van der Waals surface area contributed by atoms with Gasteiger partial charge in [-0.3, -0.25) is 9.48 Å². The lowest BCUT2D eigenvalue weighted by Crippen LogP contribution is -2.22. The second-order valence-electron chi connectivity index (χ2n) is 4.79. The normalized spacial score (nSPS) is 15.6.